The van der Waals surface area contributed by atoms with Gasteiger partial charge in [-0.15, -0.1) is 0 Å². The fraction of sp³-hybridized carbons (Fsp3) is 0.364. The summed E-state index contributed by atoms with van der Waals surface area (Å²) in [5.74, 6) is 0.643. The van der Waals surface area contributed by atoms with E-state index in [0.717, 1.165) is 29.5 Å². The van der Waals surface area contributed by atoms with Gasteiger partial charge < -0.3 is 9.84 Å². The number of benzene rings is 2. The molecule has 1 atom stereocenters. The van der Waals surface area contributed by atoms with Gasteiger partial charge in [-0.2, -0.15) is 0 Å². The summed E-state index contributed by atoms with van der Waals surface area (Å²) in [5, 5.41) is 9.58. The molecule has 3 heteroatoms. The van der Waals surface area contributed by atoms with Crippen LogP contribution in [0.5, 0.6) is 5.75 Å². The molecule has 2 aromatic carbocycles. The number of hydrogen-bond donors (Lipinski definition) is 1. The average Bonchev–Trinajstić information content (AvgIpc) is 2.61. The zero-order valence-corrected chi connectivity index (χ0v) is 15.1. The Morgan fingerprint density at radius 2 is 1.96 bits per heavy atom. The first-order chi connectivity index (χ1) is 12.0. The minimum absolute atomic E-state index is 0.0170. The average molecular weight is 340 g/mol. The minimum Gasteiger partial charge on any atom is -0.497 e. The maximum absolute atomic E-state index is 14.6. The van der Waals surface area contributed by atoms with E-state index in [2.05, 4.69) is 26.0 Å². The lowest BCUT2D eigenvalue weighted by molar-refractivity contribution is 0.281. The normalized spacial score (nSPS) is 19.0. The molecule has 132 valence electrons. The van der Waals surface area contributed by atoms with Crippen molar-refractivity contribution in [2.45, 2.75) is 39.2 Å². The van der Waals surface area contributed by atoms with E-state index in [0.29, 0.717) is 11.3 Å². The van der Waals surface area contributed by atoms with E-state index < -0.39 is 0 Å². The van der Waals surface area contributed by atoms with Crippen molar-refractivity contribution in [2.24, 2.45) is 5.41 Å². The van der Waals surface area contributed by atoms with E-state index in [1.165, 1.54) is 6.07 Å². The zero-order chi connectivity index (χ0) is 18.0. The van der Waals surface area contributed by atoms with Gasteiger partial charge in [-0.05, 0) is 59.1 Å². The lowest BCUT2D eigenvalue weighted by Crippen LogP contribution is -2.23. The van der Waals surface area contributed by atoms with E-state index >= 15 is 0 Å². The second-order valence-electron chi connectivity index (χ2n) is 7.28. The van der Waals surface area contributed by atoms with E-state index in [4.69, 9.17) is 4.74 Å². The standard InChI is InChI=1S/C22H25FO2/c1-22(2)11-5-4-6-20(22)18-12-15(14-24)7-9-17(18)19-13-16(25-3)8-10-21(19)23/h5,7-13,20,24H,4,6,14H2,1-3H3. The van der Waals surface area contributed by atoms with Crippen LogP contribution in [0.15, 0.2) is 48.6 Å². The molecule has 0 heterocycles. The third kappa shape index (κ3) is 3.47. The lowest BCUT2D eigenvalue weighted by atomic mass is 9.68. The fourth-order valence-corrected chi connectivity index (χ4v) is 3.78. The maximum atomic E-state index is 14.6. The predicted octanol–water partition coefficient (Wildman–Crippen LogP) is 5.45. The zero-order valence-electron chi connectivity index (χ0n) is 15.1. The molecule has 2 nitrogen and oxygen atoms in total. The first-order valence-electron chi connectivity index (χ1n) is 8.71. The van der Waals surface area contributed by atoms with Crippen LogP contribution < -0.4 is 4.74 Å². The van der Waals surface area contributed by atoms with Gasteiger partial charge >= 0.3 is 0 Å². The number of aliphatic hydroxyl groups excluding tert-OH is 1. The monoisotopic (exact) mass is 340 g/mol. The van der Waals surface area contributed by atoms with Gasteiger partial charge in [0.1, 0.15) is 11.6 Å². The van der Waals surface area contributed by atoms with Gasteiger partial charge in [0.25, 0.3) is 0 Å². The lowest BCUT2D eigenvalue weighted by Gasteiger charge is -2.36. The van der Waals surface area contributed by atoms with Gasteiger partial charge in [0.2, 0.25) is 0 Å². The Morgan fingerprint density at radius 3 is 2.64 bits per heavy atom. The number of halogens is 1. The molecule has 0 spiro atoms. The van der Waals surface area contributed by atoms with E-state index in [9.17, 15) is 9.50 Å². The Bertz CT molecular complexity index is 793. The van der Waals surface area contributed by atoms with Crippen LogP contribution in [0.25, 0.3) is 11.1 Å². The topological polar surface area (TPSA) is 29.5 Å². The molecule has 25 heavy (non-hydrogen) atoms. The van der Waals surface area contributed by atoms with Crippen LogP contribution in [0, 0.1) is 11.2 Å². The van der Waals surface area contributed by atoms with Gasteiger partial charge in [0.15, 0.2) is 0 Å². The first kappa shape index (κ1) is 17.7. The van der Waals surface area contributed by atoms with Gasteiger partial charge in [0.05, 0.1) is 13.7 Å². The molecular weight excluding hydrogens is 315 g/mol. The highest BCUT2D eigenvalue weighted by Gasteiger charge is 2.32. The van der Waals surface area contributed by atoms with Crippen molar-refractivity contribution in [3.8, 4) is 16.9 Å². The molecular formula is C22H25FO2. The third-order valence-corrected chi connectivity index (χ3v) is 5.21. The van der Waals surface area contributed by atoms with Crippen LogP contribution in [0.1, 0.15) is 43.7 Å². The van der Waals surface area contributed by atoms with Crippen LogP contribution in [-0.4, -0.2) is 12.2 Å². The fourth-order valence-electron chi connectivity index (χ4n) is 3.78. The van der Waals surface area contributed by atoms with Crippen LogP contribution in [0.3, 0.4) is 0 Å². The van der Waals surface area contributed by atoms with Gasteiger partial charge in [-0.25, -0.2) is 4.39 Å². The van der Waals surface area contributed by atoms with Crippen LogP contribution in [0.2, 0.25) is 0 Å². The second-order valence-corrected chi connectivity index (χ2v) is 7.28. The molecule has 0 amide bonds. The molecule has 0 aliphatic heterocycles. The quantitative estimate of drug-likeness (QED) is 0.750. The number of allylic oxidation sites excluding steroid dienone is 2. The maximum Gasteiger partial charge on any atom is 0.131 e. The molecule has 2 aromatic rings. The smallest absolute Gasteiger partial charge is 0.131 e. The van der Waals surface area contributed by atoms with Crippen molar-refractivity contribution in [1.82, 2.24) is 0 Å². The summed E-state index contributed by atoms with van der Waals surface area (Å²) < 4.78 is 19.9. The first-order valence-corrected chi connectivity index (χ1v) is 8.71. The predicted molar refractivity (Wildman–Crippen MR) is 99.2 cm³/mol. The molecule has 1 unspecified atom stereocenters. The second kappa shape index (κ2) is 7.01. The molecule has 0 saturated carbocycles. The molecule has 1 aliphatic rings. The van der Waals surface area contributed by atoms with Gasteiger partial charge in [0, 0.05) is 5.56 Å². The minimum atomic E-state index is -0.261. The summed E-state index contributed by atoms with van der Waals surface area (Å²) in [7, 11) is 1.59. The number of ether oxygens (including phenoxy) is 1. The van der Waals surface area contributed by atoms with Crippen molar-refractivity contribution >= 4 is 0 Å². The molecule has 0 radical (unpaired) electrons. The summed E-state index contributed by atoms with van der Waals surface area (Å²) in [4.78, 5) is 0. The summed E-state index contributed by atoms with van der Waals surface area (Å²) >= 11 is 0. The number of hydrogen-bond acceptors (Lipinski definition) is 2. The van der Waals surface area contributed by atoms with E-state index in [-0.39, 0.29) is 23.8 Å². The Kier molecular flexibility index (Phi) is 4.96. The molecule has 0 fully saturated rings. The molecule has 0 bridgehead atoms. The highest BCUT2D eigenvalue weighted by atomic mass is 19.1. The van der Waals surface area contributed by atoms with Crippen LogP contribution in [0.4, 0.5) is 4.39 Å². The summed E-state index contributed by atoms with van der Waals surface area (Å²) in [5.41, 5.74) is 3.35. The molecule has 1 aliphatic carbocycles. The summed E-state index contributed by atoms with van der Waals surface area (Å²) in [6.07, 6.45) is 6.49. The van der Waals surface area contributed by atoms with Gasteiger partial charge in [-0.1, -0.05) is 44.2 Å². The van der Waals surface area contributed by atoms with Crippen LogP contribution >= 0.6 is 0 Å². The SMILES string of the molecule is COc1ccc(F)c(-c2ccc(CO)cc2C2CCC=CC2(C)C)c1. The molecule has 1 N–H and O–H groups in total. The van der Waals surface area contributed by atoms with Crippen molar-refractivity contribution < 1.29 is 14.2 Å². The Balaban J connectivity index is 2.19. The molecule has 0 saturated heterocycles. The Morgan fingerprint density at radius 1 is 1.16 bits per heavy atom. The van der Waals surface area contributed by atoms with Crippen molar-refractivity contribution in [3.05, 3.63) is 65.5 Å². The van der Waals surface area contributed by atoms with E-state index in [1.807, 2.05) is 18.2 Å². The highest BCUT2D eigenvalue weighted by Crippen LogP contribution is 2.47. The van der Waals surface area contributed by atoms with Crippen LogP contribution in [-0.2, 0) is 6.61 Å². The van der Waals surface area contributed by atoms with Gasteiger partial charge in [-0.3, -0.25) is 0 Å². The number of methoxy groups -OCH3 is 1. The largest absolute Gasteiger partial charge is 0.497 e. The van der Waals surface area contributed by atoms with Crippen molar-refractivity contribution in [3.63, 3.8) is 0 Å². The molecule has 3 rings (SSSR count). The summed E-state index contributed by atoms with van der Waals surface area (Å²) in [6.45, 7) is 4.41. The van der Waals surface area contributed by atoms with Crippen molar-refractivity contribution in [1.29, 1.82) is 0 Å². The molecule has 0 aromatic heterocycles. The number of rotatable bonds is 4. The van der Waals surface area contributed by atoms with Crippen molar-refractivity contribution in [2.75, 3.05) is 7.11 Å². The highest BCUT2D eigenvalue weighted by molar-refractivity contribution is 5.71. The Labute approximate surface area is 149 Å². The summed E-state index contributed by atoms with van der Waals surface area (Å²) in [6, 6.07) is 10.6. The number of aliphatic hydroxyl groups is 1. The third-order valence-electron chi connectivity index (χ3n) is 5.21. The Hall–Kier alpha value is -2.13. The van der Waals surface area contributed by atoms with E-state index in [1.54, 1.807) is 19.2 Å².